The molecule has 6 N–H and O–H groups in total. The maximum atomic E-state index is 6.80. The largest absolute Gasteiger partial charge is 0.382 e. The van der Waals surface area contributed by atoms with E-state index in [1.165, 1.54) is 6.20 Å². The molecule has 11 heavy (non-hydrogen) atoms. The fourth-order valence-electron chi connectivity index (χ4n) is 0.589. The Bertz CT molecular complexity index is 271. The summed E-state index contributed by atoms with van der Waals surface area (Å²) in [5.74, 6) is -0.160. The highest BCUT2D eigenvalue weighted by Crippen LogP contribution is 1.89. The summed E-state index contributed by atoms with van der Waals surface area (Å²) in [5.41, 5.74) is 10.9. The summed E-state index contributed by atoms with van der Waals surface area (Å²) >= 11 is 0. The molecule has 0 aliphatic rings. The molecular formula is C5H8N6. The van der Waals surface area contributed by atoms with Gasteiger partial charge in [0.25, 0.3) is 0 Å². The number of aromatic nitrogens is 2. The first-order chi connectivity index (χ1) is 5.20. The Morgan fingerprint density at radius 2 is 2.36 bits per heavy atom. The van der Waals surface area contributed by atoms with Crippen molar-refractivity contribution in [3.63, 3.8) is 0 Å². The number of guanidine groups is 1. The van der Waals surface area contributed by atoms with E-state index in [1.54, 1.807) is 6.07 Å². The third kappa shape index (κ3) is 1.78. The van der Waals surface area contributed by atoms with Gasteiger partial charge in [0.15, 0.2) is 5.84 Å². The number of hydrogen-bond acceptors (Lipinski definition) is 2. The van der Waals surface area contributed by atoms with Gasteiger partial charge in [-0.1, -0.05) is 0 Å². The molecule has 1 aromatic rings. The van der Waals surface area contributed by atoms with Crippen LogP contribution in [-0.4, -0.2) is 22.0 Å². The van der Waals surface area contributed by atoms with Gasteiger partial charge in [-0.15, -0.1) is 0 Å². The Morgan fingerprint density at radius 1 is 1.64 bits per heavy atom. The highest BCUT2D eigenvalue weighted by Gasteiger charge is 1.97. The minimum Gasteiger partial charge on any atom is -0.382 e. The molecule has 6 nitrogen and oxygen atoms in total. The van der Waals surface area contributed by atoms with Gasteiger partial charge in [0.1, 0.15) is 0 Å². The lowest BCUT2D eigenvalue weighted by Crippen LogP contribution is -2.19. The number of nitrogens with one attached hydrogen (secondary N) is 2. The second kappa shape index (κ2) is 2.82. The Balaban J connectivity index is 2.86. The van der Waals surface area contributed by atoms with Gasteiger partial charge in [-0.3, -0.25) is 10.5 Å². The maximum Gasteiger partial charge on any atom is 0.214 e. The van der Waals surface area contributed by atoms with Crippen molar-refractivity contribution < 1.29 is 0 Å². The SMILES string of the molecule is N=C(N)/N=C(\N)c1ccn[nH]1. The molecule has 0 radical (unpaired) electrons. The predicted molar refractivity (Wildman–Crippen MR) is 41.2 cm³/mol. The molecule has 0 saturated carbocycles. The Labute approximate surface area is 62.8 Å². The third-order valence-electron chi connectivity index (χ3n) is 1.02. The van der Waals surface area contributed by atoms with Crippen LogP contribution < -0.4 is 11.5 Å². The number of H-pyrrole nitrogens is 1. The van der Waals surface area contributed by atoms with Crippen molar-refractivity contribution in [3.8, 4) is 0 Å². The van der Waals surface area contributed by atoms with Crippen LogP contribution in [0.2, 0.25) is 0 Å². The molecule has 0 aliphatic heterocycles. The lowest BCUT2D eigenvalue weighted by Gasteiger charge is -1.93. The smallest absolute Gasteiger partial charge is 0.214 e. The van der Waals surface area contributed by atoms with Crippen molar-refractivity contribution in [1.29, 1.82) is 5.41 Å². The molecule has 0 bridgehead atoms. The molecule has 0 fully saturated rings. The maximum absolute atomic E-state index is 6.80. The average Bonchev–Trinajstić information content (AvgIpc) is 2.35. The van der Waals surface area contributed by atoms with Crippen molar-refractivity contribution in [2.75, 3.05) is 0 Å². The van der Waals surface area contributed by atoms with E-state index in [1.807, 2.05) is 0 Å². The number of rotatable bonds is 1. The first-order valence-corrected chi connectivity index (χ1v) is 2.88. The summed E-state index contributed by atoms with van der Waals surface area (Å²) in [5, 5.41) is 13.0. The number of amidine groups is 1. The monoisotopic (exact) mass is 152 g/mol. The number of aliphatic imine (C=N–C) groups is 1. The van der Waals surface area contributed by atoms with E-state index in [2.05, 4.69) is 15.2 Å². The Hall–Kier alpha value is -1.85. The van der Waals surface area contributed by atoms with Crippen molar-refractivity contribution in [2.45, 2.75) is 0 Å². The van der Waals surface area contributed by atoms with Crippen LogP contribution in [0.5, 0.6) is 0 Å². The summed E-state index contributed by atoms with van der Waals surface area (Å²) in [4.78, 5) is 3.50. The number of hydrogen-bond donors (Lipinski definition) is 4. The molecule has 0 atom stereocenters. The first kappa shape index (κ1) is 7.26. The van der Waals surface area contributed by atoms with E-state index in [4.69, 9.17) is 16.9 Å². The number of nitrogens with two attached hydrogens (primary N) is 2. The van der Waals surface area contributed by atoms with E-state index in [9.17, 15) is 0 Å². The van der Waals surface area contributed by atoms with Crippen molar-refractivity contribution in [2.24, 2.45) is 16.5 Å². The van der Waals surface area contributed by atoms with Crippen LogP contribution in [-0.2, 0) is 0 Å². The van der Waals surface area contributed by atoms with Crippen LogP contribution in [0.15, 0.2) is 17.3 Å². The number of nitrogens with zero attached hydrogens (tertiary/aromatic N) is 2. The predicted octanol–water partition coefficient (Wildman–Crippen LogP) is -0.992. The number of aromatic amines is 1. The summed E-state index contributed by atoms with van der Waals surface area (Å²) in [6, 6.07) is 1.64. The van der Waals surface area contributed by atoms with Gasteiger partial charge in [-0.2, -0.15) is 10.1 Å². The van der Waals surface area contributed by atoms with E-state index in [0.29, 0.717) is 5.69 Å². The molecule has 1 aromatic heterocycles. The van der Waals surface area contributed by atoms with Gasteiger partial charge >= 0.3 is 0 Å². The summed E-state index contributed by atoms with van der Waals surface area (Å²) in [7, 11) is 0. The van der Waals surface area contributed by atoms with E-state index >= 15 is 0 Å². The average molecular weight is 152 g/mol. The van der Waals surface area contributed by atoms with Gasteiger partial charge < -0.3 is 11.5 Å². The fraction of sp³-hybridized carbons (Fsp3) is 0. The molecule has 0 aliphatic carbocycles. The van der Waals surface area contributed by atoms with E-state index in [0.717, 1.165) is 0 Å². The summed E-state index contributed by atoms with van der Waals surface area (Å²) in [6.07, 6.45) is 1.54. The van der Waals surface area contributed by atoms with Crippen LogP contribution in [0, 0.1) is 5.41 Å². The lowest BCUT2D eigenvalue weighted by molar-refractivity contribution is 1.08. The standard InChI is InChI=1S/C5H8N6/c6-4(10-5(7)8)3-1-2-9-11-3/h1-2H,(H,9,11)(H5,6,7,8,10). The second-order valence-corrected chi connectivity index (χ2v) is 1.85. The molecule has 0 saturated heterocycles. The molecule has 6 heteroatoms. The van der Waals surface area contributed by atoms with Crippen LogP contribution >= 0.6 is 0 Å². The van der Waals surface area contributed by atoms with Crippen LogP contribution in [0.25, 0.3) is 0 Å². The molecule has 0 aromatic carbocycles. The molecular weight excluding hydrogens is 144 g/mol. The second-order valence-electron chi connectivity index (χ2n) is 1.85. The zero-order valence-corrected chi connectivity index (χ0v) is 5.70. The molecule has 0 amide bonds. The molecule has 58 valence electrons. The summed E-state index contributed by atoms with van der Waals surface area (Å²) < 4.78 is 0. The van der Waals surface area contributed by atoms with Crippen LogP contribution in [0.1, 0.15) is 5.69 Å². The molecule has 1 heterocycles. The molecule has 0 spiro atoms. The third-order valence-corrected chi connectivity index (χ3v) is 1.02. The van der Waals surface area contributed by atoms with E-state index in [-0.39, 0.29) is 11.8 Å². The van der Waals surface area contributed by atoms with Crippen molar-refractivity contribution >= 4 is 11.8 Å². The van der Waals surface area contributed by atoms with Gasteiger partial charge in [0.05, 0.1) is 5.69 Å². The summed E-state index contributed by atoms with van der Waals surface area (Å²) in [6.45, 7) is 0. The van der Waals surface area contributed by atoms with Gasteiger partial charge in [-0.05, 0) is 6.07 Å². The van der Waals surface area contributed by atoms with E-state index < -0.39 is 0 Å². The Morgan fingerprint density at radius 3 is 2.82 bits per heavy atom. The highest BCUT2D eigenvalue weighted by atomic mass is 15.1. The normalized spacial score (nSPS) is 11.5. The van der Waals surface area contributed by atoms with Gasteiger partial charge in [-0.25, -0.2) is 0 Å². The van der Waals surface area contributed by atoms with Crippen molar-refractivity contribution in [1.82, 2.24) is 10.2 Å². The Kier molecular flexibility index (Phi) is 1.86. The zero-order chi connectivity index (χ0) is 8.27. The van der Waals surface area contributed by atoms with Gasteiger partial charge in [0.2, 0.25) is 5.96 Å². The molecule has 0 unspecified atom stereocenters. The van der Waals surface area contributed by atoms with Gasteiger partial charge in [0, 0.05) is 6.20 Å². The van der Waals surface area contributed by atoms with Crippen LogP contribution in [0.4, 0.5) is 0 Å². The topological polar surface area (TPSA) is 117 Å². The lowest BCUT2D eigenvalue weighted by atomic mass is 10.4. The zero-order valence-electron chi connectivity index (χ0n) is 5.70. The minimum atomic E-state index is -0.322. The first-order valence-electron chi connectivity index (χ1n) is 2.88. The van der Waals surface area contributed by atoms with Crippen LogP contribution in [0.3, 0.4) is 0 Å². The van der Waals surface area contributed by atoms with Crippen molar-refractivity contribution in [3.05, 3.63) is 18.0 Å². The minimum absolute atomic E-state index is 0.162. The molecule has 1 rings (SSSR count). The quantitative estimate of drug-likeness (QED) is 0.305. The highest BCUT2D eigenvalue weighted by molar-refractivity contribution is 6.02. The fourth-order valence-corrected chi connectivity index (χ4v) is 0.589.